The van der Waals surface area contributed by atoms with Gasteiger partial charge < -0.3 is 9.31 Å². The summed E-state index contributed by atoms with van der Waals surface area (Å²) in [4.78, 5) is 0. The summed E-state index contributed by atoms with van der Waals surface area (Å²) in [5, 5.41) is 5.36. The van der Waals surface area contributed by atoms with Crippen molar-refractivity contribution in [3.05, 3.63) is 184 Å². The first-order chi connectivity index (χ1) is 26.6. The van der Waals surface area contributed by atoms with Crippen molar-refractivity contribution in [2.45, 2.75) is 44.3 Å². The molecule has 9 aromatic rings. The molecule has 0 amide bonds. The fourth-order valence-electron chi connectivity index (χ4n) is 8.55. The first-order valence-electron chi connectivity index (χ1n) is 18.8. The molecule has 0 unspecified atom stereocenters. The number of hydrogen-bond acceptors (Lipinski definition) is 4. The third-order valence-corrected chi connectivity index (χ3v) is 14.7. The van der Waals surface area contributed by atoms with Gasteiger partial charge in [-0.25, -0.2) is 0 Å². The van der Waals surface area contributed by atoms with Crippen LogP contribution in [0.2, 0.25) is 0 Å². The van der Waals surface area contributed by atoms with E-state index in [4.69, 9.17) is 9.31 Å². The van der Waals surface area contributed by atoms with Crippen LogP contribution in [0, 0.1) is 0 Å². The molecule has 0 N–H and O–H groups in total. The van der Waals surface area contributed by atoms with Crippen LogP contribution >= 0.6 is 38.6 Å². The van der Waals surface area contributed by atoms with Gasteiger partial charge in [-0.1, -0.05) is 143 Å². The Bertz CT molecular complexity index is 2860. The van der Waals surface area contributed by atoms with Gasteiger partial charge in [0.25, 0.3) is 0 Å². The van der Waals surface area contributed by atoms with Crippen molar-refractivity contribution < 1.29 is 9.31 Å². The van der Waals surface area contributed by atoms with E-state index < -0.39 is 5.41 Å². The highest BCUT2D eigenvalue weighted by Gasteiger charge is 2.52. The number of hydrogen-bond donors (Lipinski definition) is 0. The molecule has 2 aliphatic rings. The van der Waals surface area contributed by atoms with Crippen molar-refractivity contribution in [1.29, 1.82) is 0 Å². The minimum absolute atomic E-state index is 0.374. The summed E-state index contributed by atoms with van der Waals surface area (Å²) in [6.45, 7) is 8.42. The van der Waals surface area contributed by atoms with Gasteiger partial charge in [0.15, 0.2) is 0 Å². The molecule has 0 atom stereocenters. The molecule has 2 nitrogen and oxygen atoms in total. The van der Waals surface area contributed by atoms with Gasteiger partial charge in [0.05, 0.1) is 16.6 Å². The molecule has 7 aromatic carbocycles. The molecule has 1 saturated heterocycles. The van der Waals surface area contributed by atoms with Gasteiger partial charge in [-0.3, -0.25) is 0 Å². The highest BCUT2D eigenvalue weighted by molar-refractivity contribution is 9.10. The van der Waals surface area contributed by atoms with E-state index in [1.807, 2.05) is 22.7 Å². The van der Waals surface area contributed by atoms with Crippen molar-refractivity contribution in [1.82, 2.24) is 0 Å². The standard InChI is InChI=1S/C37H31BO2S.C12H7BrS/c1-35(2)36(3,4)40-38(39-35)26-20-17-24(18-21-26)37(31-14-8-5-11-27(31)28-12-6-9-15-32(28)37)25-19-22-30-29-13-7-10-16-33(29)41-34(30)23-25;13-8-5-6-10-9-3-1-2-4-11(9)14-12(10)7-8/h5-23H,1-4H3;1-7H. The van der Waals surface area contributed by atoms with Crippen molar-refractivity contribution in [3.63, 3.8) is 0 Å². The Labute approximate surface area is 338 Å². The molecule has 0 spiro atoms. The monoisotopic (exact) mass is 812 g/mol. The van der Waals surface area contributed by atoms with Crippen LogP contribution in [0.1, 0.15) is 49.9 Å². The Kier molecular flexibility index (Phi) is 8.26. The van der Waals surface area contributed by atoms with Crippen molar-refractivity contribution >= 4 is 91.5 Å². The number of halogens is 1. The van der Waals surface area contributed by atoms with Gasteiger partial charge in [-0.15, -0.1) is 22.7 Å². The molecule has 1 fully saturated rings. The van der Waals surface area contributed by atoms with E-state index in [1.165, 1.54) is 73.7 Å². The van der Waals surface area contributed by atoms with Crippen LogP contribution in [-0.4, -0.2) is 18.3 Å². The summed E-state index contributed by atoms with van der Waals surface area (Å²) < 4.78 is 19.3. The summed E-state index contributed by atoms with van der Waals surface area (Å²) >= 11 is 7.22. The lowest BCUT2D eigenvalue weighted by molar-refractivity contribution is 0.00578. The molecule has 11 rings (SSSR count). The summed E-state index contributed by atoms with van der Waals surface area (Å²) in [6.07, 6.45) is 0. The van der Waals surface area contributed by atoms with Gasteiger partial charge in [-0.05, 0) is 96.9 Å². The molecule has 55 heavy (non-hydrogen) atoms. The van der Waals surface area contributed by atoms with Crippen LogP contribution in [0.5, 0.6) is 0 Å². The smallest absolute Gasteiger partial charge is 0.399 e. The zero-order valence-corrected chi connectivity index (χ0v) is 34.3. The fourth-order valence-corrected chi connectivity index (χ4v) is 11.4. The quantitative estimate of drug-likeness (QED) is 0.165. The second-order valence-corrected chi connectivity index (χ2v) is 18.7. The summed E-state index contributed by atoms with van der Waals surface area (Å²) in [7, 11) is -0.386. The van der Waals surface area contributed by atoms with E-state index >= 15 is 0 Å². The predicted octanol–water partition coefficient (Wildman–Crippen LogP) is 13.5. The van der Waals surface area contributed by atoms with Crippen LogP contribution in [-0.2, 0) is 14.7 Å². The summed E-state index contributed by atoms with van der Waals surface area (Å²) in [6, 6.07) is 57.6. The van der Waals surface area contributed by atoms with Crippen LogP contribution in [0.15, 0.2) is 162 Å². The van der Waals surface area contributed by atoms with Crippen LogP contribution in [0.4, 0.5) is 0 Å². The second kappa shape index (κ2) is 13.0. The van der Waals surface area contributed by atoms with E-state index in [2.05, 4.69) is 201 Å². The Hall–Kier alpha value is -4.56. The molecule has 0 saturated carbocycles. The van der Waals surface area contributed by atoms with Crippen LogP contribution in [0.25, 0.3) is 51.5 Å². The van der Waals surface area contributed by atoms with Crippen LogP contribution < -0.4 is 5.46 Å². The van der Waals surface area contributed by atoms with E-state index in [1.54, 1.807) is 0 Å². The summed E-state index contributed by atoms with van der Waals surface area (Å²) in [5.41, 5.74) is 7.64. The molecule has 0 radical (unpaired) electrons. The minimum atomic E-state index is -0.438. The largest absolute Gasteiger partial charge is 0.494 e. The highest BCUT2D eigenvalue weighted by Crippen LogP contribution is 2.56. The zero-order chi connectivity index (χ0) is 37.5. The van der Waals surface area contributed by atoms with Gasteiger partial charge in [0.2, 0.25) is 0 Å². The lowest BCUT2D eigenvalue weighted by atomic mass is 9.66. The average Bonchev–Trinajstić information content (AvgIpc) is 3.90. The molecule has 1 aliphatic carbocycles. The molecule has 0 bridgehead atoms. The third kappa shape index (κ3) is 5.49. The Balaban J connectivity index is 0.000000222. The SMILES string of the molecule is Brc1ccc2c(c1)sc1ccccc12.CC1(C)OB(c2ccc(C3(c4ccc5c(c4)sc4ccccc45)c4ccccc4-c4ccccc43)cc2)OC1(C)C. The van der Waals surface area contributed by atoms with Gasteiger partial charge in [0, 0.05) is 44.8 Å². The van der Waals surface area contributed by atoms with E-state index in [-0.39, 0.29) is 18.3 Å². The lowest BCUT2D eigenvalue weighted by Gasteiger charge is -2.34. The Morgan fingerprint density at radius 1 is 0.455 bits per heavy atom. The normalized spacial score (nSPS) is 16.3. The molecule has 6 heteroatoms. The van der Waals surface area contributed by atoms with Crippen molar-refractivity contribution in [2.24, 2.45) is 0 Å². The zero-order valence-electron chi connectivity index (χ0n) is 31.1. The third-order valence-electron chi connectivity index (χ3n) is 12.0. The lowest BCUT2D eigenvalue weighted by Crippen LogP contribution is -2.41. The van der Waals surface area contributed by atoms with E-state index in [9.17, 15) is 0 Å². The maximum Gasteiger partial charge on any atom is 0.494 e. The number of fused-ring (bicyclic) bond motifs is 9. The maximum atomic E-state index is 6.39. The molecular weight excluding hydrogens is 775 g/mol. The summed E-state index contributed by atoms with van der Waals surface area (Å²) in [5.74, 6) is 0. The van der Waals surface area contributed by atoms with Gasteiger partial charge >= 0.3 is 7.12 Å². The maximum absolute atomic E-state index is 6.39. The van der Waals surface area contributed by atoms with Crippen molar-refractivity contribution in [3.8, 4) is 11.1 Å². The average molecular weight is 814 g/mol. The fraction of sp³-hybridized carbons (Fsp3) is 0.143. The second-order valence-electron chi connectivity index (χ2n) is 15.6. The van der Waals surface area contributed by atoms with Gasteiger partial charge in [0.1, 0.15) is 0 Å². The first-order valence-corrected chi connectivity index (χ1v) is 21.2. The topological polar surface area (TPSA) is 18.5 Å². The van der Waals surface area contributed by atoms with E-state index in [0.29, 0.717) is 0 Å². The van der Waals surface area contributed by atoms with Crippen molar-refractivity contribution in [2.75, 3.05) is 0 Å². The molecule has 1 aliphatic heterocycles. The molecule has 3 heterocycles. The predicted molar refractivity (Wildman–Crippen MR) is 239 cm³/mol. The van der Waals surface area contributed by atoms with E-state index in [0.717, 1.165) is 9.94 Å². The molecule has 268 valence electrons. The number of thiophene rings is 2. The minimum Gasteiger partial charge on any atom is -0.399 e. The number of rotatable bonds is 3. The van der Waals surface area contributed by atoms with Gasteiger partial charge in [-0.2, -0.15) is 0 Å². The molecule has 2 aromatic heterocycles. The Morgan fingerprint density at radius 2 is 0.909 bits per heavy atom. The Morgan fingerprint density at radius 3 is 1.49 bits per heavy atom. The molecular formula is C49H38BBrO2S2. The first kappa shape index (κ1) is 34.9. The van der Waals surface area contributed by atoms with Crippen LogP contribution in [0.3, 0.4) is 0 Å². The highest BCUT2D eigenvalue weighted by atomic mass is 79.9. The number of benzene rings is 7.